The van der Waals surface area contributed by atoms with E-state index in [9.17, 15) is 14.4 Å². The second kappa shape index (κ2) is 8.64. The summed E-state index contributed by atoms with van der Waals surface area (Å²) >= 11 is 0. The molecule has 0 spiro atoms. The minimum atomic E-state index is -0.807. The first kappa shape index (κ1) is 20.8. The molecule has 0 bridgehead atoms. The highest BCUT2D eigenvalue weighted by Crippen LogP contribution is 2.25. The number of aromatic nitrogens is 3. The van der Waals surface area contributed by atoms with Gasteiger partial charge in [-0.15, -0.1) is 0 Å². The molecule has 2 aromatic heterocycles. The maximum Gasteiger partial charge on any atom is 0.361 e. The highest BCUT2D eigenvalue weighted by Gasteiger charge is 2.24. The molecule has 3 aromatic rings. The van der Waals surface area contributed by atoms with Crippen molar-refractivity contribution in [1.82, 2.24) is 14.7 Å². The molecule has 11 heteroatoms. The molecule has 0 aliphatic carbocycles. The number of nitrogens with one attached hydrogen (secondary N) is 1. The molecule has 30 heavy (non-hydrogen) atoms. The van der Waals surface area contributed by atoms with Gasteiger partial charge in [-0.1, -0.05) is 5.16 Å². The van der Waals surface area contributed by atoms with E-state index in [2.05, 4.69) is 15.5 Å². The summed E-state index contributed by atoms with van der Waals surface area (Å²) in [6, 6.07) is 4.87. The van der Waals surface area contributed by atoms with Crippen LogP contribution in [0, 0.1) is 6.92 Å². The summed E-state index contributed by atoms with van der Waals surface area (Å²) in [6.07, 6.45) is 0. The van der Waals surface area contributed by atoms with Crippen molar-refractivity contribution in [2.45, 2.75) is 20.4 Å². The van der Waals surface area contributed by atoms with Gasteiger partial charge in [0, 0.05) is 23.9 Å². The molecule has 0 atom stereocenters. The van der Waals surface area contributed by atoms with Crippen LogP contribution in [0.3, 0.4) is 0 Å². The fraction of sp³-hybridized carbons (Fsp3) is 0.316. The van der Waals surface area contributed by atoms with Crippen LogP contribution in [0.1, 0.15) is 23.2 Å². The van der Waals surface area contributed by atoms with Gasteiger partial charge in [-0.3, -0.25) is 14.2 Å². The maximum absolute atomic E-state index is 12.9. The molecule has 1 amide bonds. The van der Waals surface area contributed by atoms with Gasteiger partial charge in [0.15, 0.2) is 0 Å². The highest BCUT2D eigenvalue weighted by molar-refractivity contribution is 6.00. The van der Waals surface area contributed by atoms with Crippen molar-refractivity contribution < 1.29 is 28.3 Å². The van der Waals surface area contributed by atoms with E-state index >= 15 is 0 Å². The molecule has 0 saturated carbocycles. The molecule has 0 aliphatic heterocycles. The zero-order valence-corrected chi connectivity index (χ0v) is 16.8. The Balaban J connectivity index is 1.92. The summed E-state index contributed by atoms with van der Waals surface area (Å²) in [7, 11) is 2.98. The Kier molecular flexibility index (Phi) is 6.00. The first-order chi connectivity index (χ1) is 14.4. The van der Waals surface area contributed by atoms with Crippen LogP contribution < -0.4 is 20.3 Å². The average Bonchev–Trinajstić information content (AvgIpc) is 3.14. The number of esters is 1. The van der Waals surface area contributed by atoms with Gasteiger partial charge in [-0.2, -0.15) is 4.98 Å². The van der Waals surface area contributed by atoms with Crippen LogP contribution in [0.15, 0.2) is 27.5 Å². The molecule has 1 N–H and O–H groups in total. The Labute approximate surface area is 170 Å². The van der Waals surface area contributed by atoms with Crippen LogP contribution in [0.25, 0.3) is 11.1 Å². The van der Waals surface area contributed by atoms with Crippen molar-refractivity contribution >= 4 is 28.7 Å². The minimum absolute atomic E-state index is 0.102. The number of aryl methyl sites for hydroxylation is 1. The lowest BCUT2D eigenvalue weighted by molar-refractivity contribution is -0.116. The number of methoxy groups -OCH3 is 2. The molecular weight excluding hydrogens is 396 g/mol. The molecule has 2 heterocycles. The minimum Gasteiger partial charge on any atom is -0.497 e. The highest BCUT2D eigenvalue weighted by atomic mass is 16.5. The number of hydrogen-bond donors (Lipinski definition) is 1. The standard InChI is InChI=1S/C19H20N4O7/c1-5-29-19(26)16-15-17(30-22-16)20-10(2)23(18(15)25)9-14(24)21-11-6-12(27-3)8-13(7-11)28-4/h6-8H,5,9H2,1-4H3,(H,21,24). The van der Waals surface area contributed by atoms with Crippen LogP contribution in [0.4, 0.5) is 5.69 Å². The number of ether oxygens (including phenoxy) is 3. The molecule has 3 rings (SSSR count). The molecule has 158 valence electrons. The molecule has 0 aliphatic rings. The zero-order chi connectivity index (χ0) is 21.8. The first-order valence-corrected chi connectivity index (χ1v) is 8.94. The van der Waals surface area contributed by atoms with E-state index in [-0.39, 0.29) is 35.8 Å². The molecule has 0 radical (unpaired) electrons. The van der Waals surface area contributed by atoms with Gasteiger partial charge in [0.2, 0.25) is 11.6 Å². The summed E-state index contributed by atoms with van der Waals surface area (Å²) in [5.74, 6) is -0.101. The predicted molar refractivity (Wildman–Crippen MR) is 105 cm³/mol. The predicted octanol–water partition coefficient (Wildman–Crippen LogP) is 1.53. The fourth-order valence-corrected chi connectivity index (χ4v) is 2.79. The molecule has 0 unspecified atom stereocenters. The summed E-state index contributed by atoms with van der Waals surface area (Å²) < 4.78 is 21.3. The number of carbonyl (C=O) groups excluding carboxylic acids is 2. The average molecular weight is 416 g/mol. The third-order valence-corrected chi connectivity index (χ3v) is 4.19. The van der Waals surface area contributed by atoms with Gasteiger partial charge < -0.3 is 24.1 Å². The van der Waals surface area contributed by atoms with Crippen molar-refractivity contribution in [1.29, 1.82) is 0 Å². The maximum atomic E-state index is 12.9. The molecule has 11 nitrogen and oxygen atoms in total. The van der Waals surface area contributed by atoms with Gasteiger partial charge in [-0.05, 0) is 13.8 Å². The number of hydrogen-bond acceptors (Lipinski definition) is 9. The number of amides is 1. The third-order valence-electron chi connectivity index (χ3n) is 4.19. The van der Waals surface area contributed by atoms with Crippen molar-refractivity contribution in [2.75, 3.05) is 26.1 Å². The smallest absolute Gasteiger partial charge is 0.361 e. The Hall–Kier alpha value is -3.89. The molecular formula is C19H20N4O7. The summed E-state index contributed by atoms with van der Waals surface area (Å²) in [5, 5.41) is 6.12. The Morgan fingerprint density at radius 1 is 1.17 bits per heavy atom. The lowest BCUT2D eigenvalue weighted by Gasteiger charge is -2.12. The van der Waals surface area contributed by atoms with E-state index in [1.165, 1.54) is 21.1 Å². The molecule has 1 aromatic carbocycles. The van der Waals surface area contributed by atoms with Crippen LogP contribution in [-0.4, -0.2) is 47.4 Å². The second-order valence-electron chi connectivity index (χ2n) is 6.13. The van der Waals surface area contributed by atoms with E-state index in [0.717, 1.165) is 4.57 Å². The molecule has 0 saturated heterocycles. The quantitative estimate of drug-likeness (QED) is 0.569. The molecule has 0 fully saturated rings. The van der Waals surface area contributed by atoms with E-state index < -0.39 is 17.4 Å². The van der Waals surface area contributed by atoms with Gasteiger partial charge in [0.25, 0.3) is 11.3 Å². The van der Waals surface area contributed by atoms with Crippen molar-refractivity contribution in [3.63, 3.8) is 0 Å². The SMILES string of the molecule is CCOC(=O)c1noc2nc(C)n(CC(=O)Nc3cc(OC)cc(OC)c3)c(=O)c12. The van der Waals surface area contributed by atoms with E-state index in [1.807, 2.05) is 0 Å². The Bertz CT molecular complexity index is 1140. The van der Waals surface area contributed by atoms with Crippen molar-refractivity contribution in [3.8, 4) is 11.5 Å². The third kappa shape index (κ3) is 4.09. The van der Waals surface area contributed by atoms with Gasteiger partial charge >= 0.3 is 5.97 Å². The van der Waals surface area contributed by atoms with Crippen LogP contribution >= 0.6 is 0 Å². The number of nitrogens with zero attached hydrogens (tertiary/aromatic N) is 3. The Morgan fingerprint density at radius 3 is 2.43 bits per heavy atom. The van der Waals surface area contributed by atoms with Crippen LogP contribution in [0.5, 0.6) is 11.5 Å². The van der Waals surface area contributed by atoms with E-state index in [0.29, 0.717) is 17.2 Å². The fourth-order valence-electron chi connectivity index (χ4n) is 2.79. The first-order valence-electron chi connectivity index (χ1n) is 8.94. The zero-order valence-electron chi connectivity index (χ0n) is 16.8. The number of rotatable bonds is 7. The van der Waals surface area contributed by atoms with Gasteiger partial charge in [-0.25, -0.2) is 4.79 Å². The number of anilines is 1. The Morgan fingerprint density at radius 2 is 1.83 bits per heavy atom. The van der Waals surface area contributed by atoms with E-state index in [4.69, 9.17) is 18.7 Å². The number of fused-ring (bicyclic) bond motifs is 1. The van der Waals surface area contributed by atoms with E-state index in [1.54, 1.807) is 25.1 Å². The summed E-state index contributed by atoms with van der Waals surface area (Å²) in [5.41, 5.74) is -0.598. The number of carbonyl (C=O) groups is 2. The normalized spacial score (nSPS) is 10.7. The van der Waals surface area contributed by atoms with Crippen molar-refractivity contribution in [2.24, 2.45) is 0 Å². The van der Waals surface area contributed by atoms with Gasteiger partial charge in [0.1, 0.15) is 29.3 Å². The second-order valence-corrected chi connectivity index (χ2v) is 6.13. The lowest BCUT2D eigenvalue weighted by atomic mass is 10.2. The lowest BCUT2D eigenvalue weighted by Crippen LogP contribution is -2.30. The van der Waals surface area contributed by atoms with Crippen molar-refractivity contribution in [3.05, 3.63) is 40.1 Å². The van der Waals surface area contributed by atoms with Gasteiger partial charge in [0.05, 0.1) is 20.8 Å². The van der Waals surface area contributed by atoms with Crippen LogP contribution in [0.2, 0.25) is 0 Å². The number of benzene rings is 1. The largest absolute Gasteiger partial charge is 0.497 e. The summed E-state index contributed by atoms with van der Waals surface area (Å²) in [4.78, 5) is 41.6. The monoisotopic (exact) mass is 416 g/mol. The summed E-state index contributed by atoms with van der Waals surface area (Å²) in [6.45, 7) is 2.92. The van der Waals surface area contributed by atoms with Crippen LogP contribution in [-0.2, 0) is 16.1 Å². The topological polar surface area (TPSA) is 135 Å².